The van der Waals surface area contributed by atoms with Crippen molar-refractivity contribution in [2.75, 3.05) is 11.6 Å². The molecule has 172 valence electrons. The number of carbonyl (C=O) groups excluding carboxylic acids is 4. The molecule has 0 bridgehead atoms. The van der Waals surface area contributed by atoms with Crippen molar-refractivity contribution in [2.24, 2.45) is 0 Å². The smallest absolute Gasteiger partial charge is 0.338 e. The lowest BCUT2D eigenvalue weighted by atomic mass is 10.1. The third kappa shape index (κ3) is 4.48. The van der Waals surface area contributed by atoms with Crippen molar-refractivity contribution in [1.82, 2.24) is 5.43 Å². The quantitative estimate of drug-likeness (QED) is 0.298. The van der Waals surface area contributed by atoms with Crippen molar-refractivity contribution in [3.05, 3.63) is 81.5 Å². The first-order valence-electron chi connectivity index (χ1n) is 10.0. The number of aromatic carboxylic acids is 1. The summed E-state index contributed by atoms with van der Waals surface area (Å²) in [4.78, 5) is 48.6. The molecule has 2 aromatic carbocycles. The maximum atomic E-state index is 12.8. The topological polar surface area (TPSA) is 129 Å². The maximum Gasteiger partial charge on any atom is 0.338 e. The predicted molar refractivity (Wildman–Crippen MR) is 122 cm³/mol. The number of carboxylic acids is 1. The van der Waals surface area contributed by atoms with E-state index in [9.17, 15) is 24.3 Å². The minimum absolute atomic E-state index is 0.0740. The van der Waals surface area contributed by atoms with Gasteiger partial charge in [-0.2, -0.15) is 0 Å². The van der Waals surface area contributed by atoms with Gasteiger partial charge in [-0.25, -0.2) is 9.80 Å². The summed E-state index contributed by atoms with van der Waals surface area (Å²) in [6.07, 6.45) is 1.27. The second kappa shape index (κ2) is 9.36. The number of nitrogens with zero attached hydrogens (tertiary/aromatic N) is 1. The number of anilines is 1. The first-order chi connectivity index (χ1) is 16.3. The fourth-order valence-electron chi connectivity index (χ4n) is 3.32. The molecule has 2 heterocycles. The van der Waals surface area contributed by atoms with Crippen molar-refractivity contribution >= 4 is 51.4 Å². The monoisotopic (exact) mass is 523 g/mol. The third-order valence-electron chi connectivity index (χ3n) is 4.91. The van der Waals surface area contributed by atoms with Gasteiger partial charge in [0, 0.05) is 15.6 Å². The lowest BCUT2D eigenvalue weighted by Gasteiger charge is -2.14. The largest absolute Gasteiger partial charge is 0.545 e. The number of carboxylic acid groups (broad SMARTS) is 1. The van der Waals surface area contributed by atoms with Crippen LogP contribution in [0.4, 0.5) is 5.69 Å². The van der Waals surface area contributed by atoms with E-state index in [1.54, 1.807) is 19.1 Å². The Bertz CT molecular complexity index is 1340. The van der Waals surface area contributed by atoms with Gasteiger partial charge in [-0.15, -0.1) is 0 Å². The molecule has 1 fully saturated rings. The second-order valence-corrected chi connectivity index (χ2v) is 8.00. The highest BCUT2D eigenvalue weighted by atomic mass is 79.9. The Labute approximate surface area is 201 Å². The summed E-state index contributed by atoms with van der Waals surface area (Å²) in [6.45, 7) is 1.93. The zero-order valence-corrected chi connectivity index (χ0v) is 19.2. The van der Waals surface area contributed by atoms with Crippen LogP contribution in [0.1, 0.15) is 33.4 Å². The summed E-state index contributed by atoms with van der Waals surface area (Å²) in [5.74, 6) is -2.71. The summed E-state index contributed by atoms with van der Waals surface area (Å²) in [6, 6.07) is 13.6. The highest BCUT2D eigenvalue weighted by Crippen LogP contribution is 2.30. The van der Waals surface area contributed by atoms with E-state index in [0.717, 1.165) is 5.01 Å². The van der Waals surface area contributed by atoms with E-state index in [4.69, 9.17) is 9.15 Å². The van der Waals surface area contributed by atoms with Crippen molar-refractivity contribution in [3.63, 3.8) is 0 Å². The number of nitrogens with one attached hydrogen (secondary N) is 1. The first kappa shape index (κ1) is 23.0. The standard InChI is InChI=1S/C24H17BrN2O7/c1-2-33-24(32)13-3-6-15(7-4-13)27-22(29)19(21(28)26-27)12-16-8-10-20(34-16)17-9-5-14(25)11-18(17)23(30)31/h3-12H,2H2,1H3,(H,26,28)(H,30,31)/p-1/b19-12-. The molecule has 0 atom stereocenters. The molecule has 2 amide bonds. The van der Waals surface area contributed by atoms with Gasteiger partial charge in [0.15, 0.2) is 0 Å². The maximum absolute atomic E-state index is 12.8. The van der Waals surface area contributed by atoms with E-state index in [-0.39, 0.29) is 29.3 Å². The number of carbonyl (C=O) groups is 4. The third-order valence-corrected chi connectivity index (χ3v) is 5.40. The molecular weight excluding hydrogens is 508 g/mol. The van der Waals surface area contributed by atoms with Crippen molar-refractivity contribution in [3.8, 4) is 11.3 Å². The number of furan rings is 1. The molecule has 0 unspecified atom stereocenters. The fraction of sp³-hybridized carbons (Fsp3) is 0.0833. The molecule has 0 saturated carbocycles. The van der Waals surface area contributed by atoms with Crippen LogP contribution >= 0.6 is 15.9 Å². The molecule has 0 aliphatic carbocycles. The summed E-state index contributed by atoms with van der Waals surface area (Å²) < 4.78 is 11.2. The van der Waals surface area contributed by atoms with E-state index >= 15 is 0 Å². The summed E-state index contributed by atoms with van der Waals surface area (Å²) in [5.41, 5.74) is 3.16. The number of benzene rings is 2. The lowest BCUT2D eigenvalue weighted by molar-refractivity contribution is -0.255. The second-order valence-electron chi connectivity index (χ2n) is 7.09. The van der Waals surface area contributed by atoms with Crippen LogP contribution in [0.3, 0.4) is 0 Å². The Morgan fingerprint density at radius 1 is 1.12 bits per heavy atom. The van der Waals surface area contributed by atoms with Gasteiger partial charge < -0.3 is 19.1 Å². The molecule has 0 radical (unpaired) electrons. The van der Waals surface area contributed by atoms with Gasteiger partial charge in [-0.05, 0) is 67.6 Å². The fourth-order valence-corrected chi connectivity index (χ4v) is 3.68. The minimum atomic E-state index is -1.37. The Morgan fingerprint density at radius 3 is 2.53 bits per heavy atom. The summed E-state index contributed by atoms with van der Waals surface area (Å²) in [5, 5.41) is 12.5. The number of hydrogen-bond acceptors (Lipinski definition) is 7. The molecule has 4 rings (SSSR count). The van der Waals surface area contributed by atoms with Gasteiger partial charge in [0.2, 0.25) is 0 Å². The highest BCUT2D eigenvalue weighted by molar-refractivity contribution is 9.10. The van der Waals surface area contributed by atoms with Crippen LogP contribution in [0.15, 0.2) is 69.1 Å². The Morgan fingerprint density at radius 2 is 1.85 bits per heavy atom. The van der Waals surface area contributed by atoms with Crippen LogP contribution in [0.2, 0.25) is 0 Å². The zero-order chi connectivity index (χ0) is 24.4. The number of hydrogen-bond donors (Lipinski definition) is 1. The minimum Gasteiger partial charge on any atom is -0.545 e. The predicted octanol–water partition coefficient (Wildman–Crippen LogP) is 2.71. The van der Waals surface area contributed by atoms with Gasteiger partial charge in [0.05, 0.1) is 23.8 Å². The van der Waals surface area contributed by atoms with Crippen LogP contribution in [0.5, 0.6) is 0 Å². The molecule has 10 heteroatoms. The van der Waals surface area contributed by atoms with Crippen molar-refractivity contribution in [2.45, 2.75) is 6.92 Å². The molecule has 1 saturated heterocycles. The SMILES string of the molecule is CCOC(=O)c1ccc(N2NC(=O)/C(=C/c3ccc(-c4ccc(Br)cc4C(=O)[O-])o3)C2=O)cc1. The van der Waals surface area contributed by atoms with E-state index in [1.165, 1.54) is 48.5 Å². The average Bonchev–Trinajstić information content (AvgIpc) is 3.39. The average molecular weight is 524 g/mol. The molecule has 1 aliphatic heterocycles. The molecule has 9 nitrogen and oxygen atoms in total. The zero-order valence-electron chi connectivity index (χ0n) is 17.7. The molecule has 3 aromatic rings. The molecule has 34 heavy (non-hydrogen) atoms. The Kier molecular flexibility index (Phi) is 6.33. The molecule has 1 aromatic heterocycles. The van der Waals surface area contributed by atoms with Crippen LogP contribution in [0, 0.1) is 0 Å². The van der Waals surface area contributed by atoms with Crippen LogP contribution in [-0.2, 0) is 14.3 Å². The molecule has 0 spiro atoms. The van der Waals surface area contributed by atoms with Crippen molar-refractivity contribution in [1.29, 1.82) is 0 Å². The van der Waals surface area contributed by atoms with E-state index in [2.05, 4.69) is 21.4 Å². The number of esters is 1. The number of hydrazine groups is 1. The summed E-state index contributed by atoms with van der Waals surface area (Å²) in [7, 11) is 0. The van der Waals surface area contributed by atoms with E-state index < -0.39 is 23.8 Å². The van der Waals surface area contributed by atoms with Gasteiger partial charge in [-0.3, -0.25) is 15.0 Å². The van der Waals surface area contributed by atoms with Crippen LogP contribution in [0.25, 0.3) is 17.4 Å². The molecule has 1 N–H and O–H groups in total. The van der Waals surface area contributed by atoms with Crippen LogP contribution < -0.4 is 15.5 Å². The van der Waals surface area contributed by atoms with Crippen LogP contribution in [-0.4, -0.2) is 30.4 Å². The number of amides is 2. The van der Waals surface area contributed by atoms with Gasteiger partial charge in [0.1, 0.15) is 17.1 Å². The number of rotatable bonds is 6. The highest BCUT2D eigenvalue weighted by Gasteiger charge is 2.35. The number of ether oxygens (including phenoxy) is 1. The lowest BCUT2D eigenvalue weighted by Crippen LogP contribution is -2.35. The van der Waals surface area contributed by atoms with Crippen molar-refractivity contribution < 1.29 is 33.4 Å². The number of halogens is 1. The van der Waals surface area contributed by atoms with Gasteiger partial charge >= 0.3 is 5.97 Å². The Hall–Kier alpha value is -4.18. The molecular formula is C24H16BrN2O7-. The summed E-state index contributed by atoms with van der Waals surface area (Å²) >= 11 is 3.22. The normalized spacial score (nSPS) is 14.4. The first-order valence-corrected chi connectivity index (χ1v) is 10.8. The van der Waals surface area contributed by atoms with E-state index in [0.29, 0.717) is 21.3 Å². The van der Waals surface area contributed by atoms with Gasteiger partial charge in [0.25, 0.3) is 11.8 Å². The molecule has 1 aliphatic rings. The van der Waals surface area contributed by atoms with Gasteiger partial charge in [-0.1, -0.05) is 15.9 Å². The Balaban J connectivity index is 1.58. The van der Waals surface area contributed by atoms with E-state index in [1.807, 2.05) is 0 Å².